The summed E-state index contributed by atoms with van der Waals surface area (Å²) in [5.41, 5.74) is 7.01. The second kappa shape index (κ2) is 4.69. The predicted molar refractivity (Wildman–Crippen MR) is 72.8 cm³/mol. The summed E-state index contributed by atoms with van der Waals surface area (Å²) < 4.78 is 0.809. The summed E-state index contributed by atoms with van der Waals surface area (Å²) in [6.45, 7) is 6.04. The minimum absolute atomic E-state index is 0.0698. The molecule has 0 radical (unpaired) electrons. The zero-order chi connectivity index (χ0) is 12.6. The summed E-state index contributed by atoms with van der Waals surface area (Å²) >= 11 is 3.41. The molecule has 1 heterocycles. The molecule has 0 aromatic heterocycles. The normalized spacial score (nSPS) is 24.1. The summed E-state index contributed by atoms with van der Waals surface area (Å²) in [6.07, 6.45) is 0. The average molecular weight is 297 g/mol. The van der Waals surface area contributed by atoms with Gasteiger partial charge in [0.1, 0.15) is 0 Å². The standard InChI is InChI=1S/C13H17BrN2O/c1-8-6-16(7-9(8)2)13(17)11-5-10(15)3-4-12(11)14/h3-5,8-9H,6-7,15H2,1-2H3. The third kappa shape index (κ3) is 2.46. The molecule has 1 aliphatic heterocycles. The number of anilines is 1. The van der Waals surface area contributed by atoms with Gasteiger partial charge < -0.3 is 10.6 Å². The van der Waals surface area contributed by atoms with Crippen LogP contribution >= 0.6 is 15.9 Å². The number of benzene rings is 1. The van der Waals surface area contributed by atoms with Crippen LogP contribution in [-0.4, -0.2) is 23.9 Å². The Balaban J connectivity index is 2.23. The molecule has 2 rings (SSSR count). The molecule has 1 aromatic rings. The van der Waals surface area contributed by atoms with Gasteiger partial charge in [-0.1, -0.05) is 13.8 Å². The van der Waals surface area contributed by atoms with Gasteiger partial charge >= 0.3 is 0 Å². The fourth-order valence-electron chi connectivity index (χ4n) is 2.17. The summed E-state index contributed by atoms with van der Waals surface area (Å²) in [5, 5.41) is 0. The van der Waals surface area contributed by atoms with E-state index in [0.717, 1.165) is 17.6 Å². The van der Waals surface area contributed by atoms with Crippen LogP contribution in [-0.2, 0) is 0 Å². The van der Waals surface area contributed by atoms with Crippen molar-refractivity contribution in [1.29, 1.82) is 0 Å². The lowest BCUT2D eigenvalue weighted by Gasteiger charge is -2.17. The lowest BCUT2D eigenvalue weighted by Crippen LogP contribution is -2.29. The first kappa shape index (κ1) is 12.4. The molecule has 1 aromatic carbocycles. The van der Waals surface area contributed by atoms with Crippen molar-refractivity contribution in [2.75, 3.05) is 18.8 Å². The van der Waals surface area contributed by atoms with Crippen LogP contribution < -0.4 is 5.73 Å². The fourth-order valence-corrected chi connectivity index (χ4v) is 2.59. The summed E-state index contributed by atoms with van der Waals surface area (Å²) in [7, 11) is 0. The molecule has 17 heavy (non-hydrogen) atoms. The number of carbonyl (C=O) groups excluding carboxylic acids is 1. The third-order valence-electron chi connectivity index (χ3n) is 3.50. The van der Waals surface area contributed by atoms with Crippen molar-refractivity contribution < 1.29 is 4.79 Å². The number of nitrogens with two attached hydrogens (primary N) is 1. The molecule has 0 aliphatic carbocycles. The predicted octanol–water partition coefficient (Wildman–Crippen LogP) is 2.76. The second-order valence-electron chi connectivity index (χ2n) is 4.90. The minimum Gasteiger partial charge on any atom is -0.399 e. The summed E-state index contributed by atoms with van der Waals surface area (Å²) in [6, 6.07) is 5.35. The highest BCUT2D eigenvalue weighted by atomic mass is 79.9. The van der Waals surface area contributed by atoms with Crippen LogP contribution in [0.4, 0.5) is 5.69 Å². The van der Waals surface area contributed by atoms with Crippen molar-refractivity contribution in [2.45, 2.75) is 13.8 Å². The molecule has 0 saturated carbocycles. The van der Waals surface area contributed by atoms with Gasteiger partial charge in [0.25, 0.3) is 5.91 Å². The van der Waals surface area contributed by atoms with Gasteiger partial charge in [-0.25, -0.2) is 0 Å². The smallest absolute Gasteiger partial charge is 0.255 e. The quantitative estimate of drug-likeness (QED) is 0.810. The summed E-state index contributed by atoms with van der Waals surface area (Å²) in [5.74, 6) is 1.21. The van der Waals surface area contributed by atoms with Crippen molar-refractivity contribution >= 4 is 27.5 Å². The van der Waals surface area contributed by atoms with Crippen molar-refractivity contribution in [2.24, 2.45) is 11.8 Å². The first-order chi connectivity index (χ1) is 7.99. The number of nitrogens with zero attached hydrogens (tertiary/aromatic N) is 1. The zero-order valence-corrected chi connectivity index (χ0v) is 11.7. The van der Waals surface area contributed by atoms with Crippen LogP contribution in [0.3, 0.4) is 0 Å². The van der Waals surface area contributed by atoms with E-state index in [4.69, 9.17) is 5.73 Å². The van der Waals surface area contributed by atoms with Gasteiger partial charge in [0.05, 0.1) is 5.56 Å². The Kier molecular flexibility index (Phi) is 3.43. The molecule has 0 bridgehead atoms. The minimum atomic E-state index is 0.0698. The number of halogens is 1. The van der Waals surface area contributed by atoms with E-state index in [1.807, 2.05) is 11.0 Å². The number of rotatable bonds is 1. The number of amides is 1. The van der Waals surface area contributed by atoms with Gasteiger partial charge in [-0.15, -0.1) is 0 Å². The average Bonchev–Trinajstić information content (AvgIpc) is 2.62. The van der Waals surface area contributed by atoms with Crippen LogP contribution in [0.25, 0.3) is 0 Å². The van der Waals surface area contributed by atoms with E-state index >= 15 is 0 Å². The highest BCUT2D eigenvalue weighted by Crippen LogP contribution is 2.27. The van der Waals surface area contributed by atoms with Crippen LogP contribution in [0, 0.1) is 11.8 Å². The Morgan fingerprint density at radius 3 is 2.53 bits per heavy atom. The molecule has 3 nitrogen and oxygen atoms in total. The molecule has 1 aliphatic rings. The van der Waals surface area contributed by atoms with Crippen LogP contribution in [0.5, 0.6) is 0 Å². The number of hydrogen-bond acceptors (Lipinski definition) is 2. The van der Waals surface area contributed by atoms with Crippen LogP contribution in [0.1, 0.15) is 24.2 Å². The van der Waals surface area contributed by atoms with Gasteiger partial charge in [0.15, 0.2) is 0 Å². The number of hydrogen-bond donors (Lipinski definition) is 1. The highest BCUT2D eigenvalue weighted by molar-refractivity contribution is 9.10. The molecule has 4 heteroatoms. The van der Waals surface area contributed by atoms with Gasteiger partial charge in [0.2, 0.25) is 0 Å². The van der Waals surface area contributed by atoms with E-state index in [1.54, 1.807) is 12.1 Å². The molecular weight excluding hydrogens is 280 g/mol. The van der Waals surface area contributed by atoms with Crippen LogP contribution in [0.2, 0.25) is 0 Å². The van der Waals surface area contributed by atoms with E-state index in [-0.39, 0.29) is 5.91 Å². The molecule has 0 spiro atoms. The lowest BCUT2D eigenvalue weighted by molar-refractivity contribution is 0.0784. The molecule has 92 valence electrons. The van der Waals surface area contributed by atoms with E-state index < -0.39 is 0 Å². The van der Waals surface area contributed by atoms with E-state index in [9.17, 15) is 4.79 Å². The van der Waals surface area contributed by atoms with Crippen molar-refractivity contribution in [3.8, 4) is 0 Å². The third-order valence-corrected chi connectivity index (χ3v) is 4.19. The summed E-state index contributed by atoms with van der Waals surface area (Å²) in [4.78, 5) is 14.3. The number of carbonyl (C=O) groups is 1. The molecule has 2 atom stereocenters. The lowest BCUT2D eigenvalue weighted by atomic mass is 10.0. The highest BCUT2D eigenvalue weighted by Gasteiger charge is 2.30. The van der Waals surface area contributed by atoms with Crippen LogP contribution in [0.15, 0.2) is 22.7 Å². The maximum Gasteiger partial charge on any atom is 0.255 e. The van der Waals surface area contributed by atoms with E-state index in [0.29, 0.717) is 23.1 Å². The SMILES string of the molecule is CC1CN(C(=O)c2cc(N)ccc2Br)CC1C. The Hall–Kier alpha value is -1.03. The first-order valence-corrected chi connectivity index (χ1v) is 6.62. The van der Waals surface area contributed by atoms with Gasteiger partial charge in [-0.05, 0) is 46.0 Å². The fraction of sp³-hybridized carbons (Fsp3) is 0.462. The van der Waals surface area contributed by atoms with Gasteiger partial charge in [-0.3, -0.25) is 4.79 Å². The Morgan fingerprint density at radius 1 is 1.35 bits per heavy atom. The molecular formula is C13H17BrN2O. The molecule has 1 fully saturated rings. The Labute approximate surface area is 110 Å². The molecule has 1 amide bonds. The monoisotopic (exact) mass is 296 g/mol. The number of nitrogen functional groups attached to an aromatic ring is 1. The van der Waals surface area contributed by atoms with E-state index in [2.05, 4.69) is 29.8 Å². The first-order valence-electron chi connectivity index (χ1n) is 5.83. The topological polar surface area (TPSA) is 46.3 Å². The van der Waals surface area contributed by atoms with E-state index in [1.165, 1.54) is 0 Å². The maximum atomic E-state index is 12.4. The largest absolute Gasteiger partial charge is 0.399 e. The van der Waals surface area contributed by atoms with Crippen molar-refractivity contribution in [3.63, 3.8) is 0 Å². The molecule has 1 saturated heterocycles. The Bertz CT molecular complexity index is 437. The zero-order valence-electron chi connectivity index (χ0n) is 10.1. The van der Waals surface area contributed by atoms with Gasteiger partial charge in [-0.2, -0.15) is 0 Å². The maximum absolute atomic E-state index is 12.4. The number of likely N-dealkylation sites (tertiary alicyclic amines) is 1. The molecule has 2 N–H and O–H groups in total. The molecule has 2 unspecified atom stereocenters. The Morgan fingerprint density at radius 2 is 1.94 bits per heavy atom. The van der Waals surface area contributed by atoms with Crippen molar-refractivity contribution in [1.82, 2.24) is 4.90 Å². The van der Waals surface area contributed by atoms with Crippen molar-refractivity contribution in [3.05, 3.63) is 28.2 Å². The second-order valence-corrected chi connectivity index (χ2v) is 5.76. The van der Waals surface area contributed by atoms with Gasteiger partial charge in [0, 0.05) is 23.2 Å².